The normalized spacial score (nSPS) is 19.9. The van der Waals surface area contributed by atoms with Gasteiger partial charge in [0, 0.05) is 37.3 Å². The zero-order valence-electron chi connectivity index (χ0n) is 21.6. The first-order valence-electron chi connectivity index (χ1n) is 13.1. The topological polar surface area (TPSA) is 56.7 Å². The van der Waals surface area contributed by atoms with Crippen LogP contribution in [0.1, 0.15) is 43.5 Å². The molecular weight excluding hydrogens is 446 g/mol. The number of aromatic nitrogens is 1. The summed E-state index contributed by atoms with van der Waals surface area (Å²) >= 11 is 0. The van der Waals surface area contributed by atoms with E-state index in [4.69, 9.17) is 4.98 Å². The van der Waals surface area contributed by atoms with E-state index in [2.05, 4.69) is 50.4 Å². The smallest absolute Gasteiger partial charge is 0.245 e. The van der Waals surface area contributed by atoms with Crippen molar-refractivity contribution in [3.8, 4) is 16.9 Å². The molecule has 1 spiro atoms. The summed E-state index contributed by atoms with van der Waals surface area (Å²) in [6, 6.07) is 12.1. The van der Waals surface area contributed by atoms with Crippen molar-refractivity contribution in [2.45, 2.75) is 46.5 Å². The van der Waals surface area contributed by atoms with E-state index < -0.39 is 0 Å². The molecule has 3 heterocycles. The number of phenolic OH excluding ortho intramolecular Hbond substituents is 1. The minimum absolute atomic E-state index is 0.0358. The number of nitrogens with zero attached hydrogens (tertiary/aromatic N) is 3. The highest BCUT2D eigenvalue weighted by Crippen LogP contribution is 2.47. The fourth-order valence-corrected chi connectivity index (χ4v) is 6.77. The number of carbonyl (C=O) groups is 1. The molecule has 1 aliphatic carbocycles. The molecule has 0 atom stereocenters. The fourth-order valence-electron chi connectivity index (χ4n) is 6.77. The lowest BCUT2D eigenvalue weighted by Crippen LogP contribution is -2.59. The van der Waals surface area contributed by atoms with Gasteiger partial charge in [0.1, 0.15) is 11.6 Å². The van der Waals surface area contributed by atoms with E-state index in [0.717, 1.165) is 68.5 Å². The molecule has 3 aliphatic rings. The Morgan fingerprint density at radius 3 is 2.72 bits per heavy atom. The average Bonchev–Trinajstić information content (AvgIpc) is 3.27. The molecule has 1 aromatic heterocycles. The number of anilines is 1. The van der Waals surface area contributed by atoms with Crippen molar-refractivity contribution >= 4 is 22.5 Å². The summed E-state index contributed by atoms with van der Waals surface area (Å²) in [7, 11) is 0. The van der Waals surface area contributed by atoms with Crippen molar-refractivity contribution < 1.29 is 9.90 Å². The van der Waals surface area contributed by atoms with Gasteiger partial charge in [0.15, 0.2) is 0 Å². The lowest BCUT2D eigenvalue weighted by molar-refractivity contribution is -0.136. The number of rotatable bonds is 3. The van der Waals surface area contributed by atoms with Crippen LogP contribution in [0.3, 0.4) is 0 Å². The number of aromatic hydroxyl groups is 1. The molecule has 36 heavy (non-hydrogen) atoms. The molecular formula is C31H35N3O2. The van der Waals surface area contributed by atoms with Crippen LogP contribution in [0, 0.1) is 17.8 Å². The number of likely N-dealkylation sites (tertiary alicyclic amines) is 1. The van der Waals surface area contributed by atoms with Crippen LogP contribution in [-0.2, 0) is 17.6 Å². The summed E-state index contributed by atoms with van der Waals surface area (Å²) in [6.07, 6.45) is 5.67. The number of pyridine rings is 1. The third-order valence-electron chi connectivity index (χ3n) is 8.71. The molecule has 5 nitrogen and oxygen atoms in total. The van der Waals surface area contributed by atoms with E-state index >= 15 is 0 Å². The minimum Gasteiger partial charge on any atom is -0.508 e. The summed E-state index contributed by atoms with van der Waals surface area (Å²) in [5, 5.41) is 12.3. The molecule has 5 heteroatoms. The van der Waals surface area contributed by atoms with Gasteiger partial charge >= 0.3 is 0 Å². The summed E-state index contributed by atoms with van der Waals surface area (Å²) in [4.78, 5) is 21.8. The molecule has 2 saturated heterocycles. The van der Waals surface area contributed by atoms with E-state index in [-0.39, 0.29) is 16.7 Å². The summed E-state index contributed by atoms with van der Waals surface area (Å²) in [5.74, 6) is 1.43. The van der Waals surface area contributed by atoms with Gasteiger partial charge in [0.05, 0.1) is 0 Å². The summed E-state index contributed by atoms with van der Waals surface area (Å²) < 4.78 is 0. The van der Waals surface area contributed by atoms with Gasteiger partial charge in [-0.15, -0.1) is 0 Å². The summed E-state index contributed by atoms with van der Waals surface area (Å²) in [6.45, 7) is 14.1. The molecule has 1 N–H and O–H groups in total. The van der Waals surface area contributed by atoms with Crippen molar-refractivity contribution in [2.75, 3.05) is 31.1 Å². The van der Waals surface area contributed by atoms with E-state index in [0.29, 0.717) is 5.75 Å². The Balaban J connectivity index is 1.45. The number of hydrogen-bond donors (Lipinski definition) is 1. The second kappa shape index (κ2) is 8.09. The van der Waals surface area contributed by atoms with Crippen LogP contribution in [0.15, 0.2) is 49.1 Å². The Labute approximate surface area is 213 Å². The molecule has 3 aromatic rings. The van der Waals surface area contributed by atoms with Gasteiger partial charge in [0.25, 0.3) is 0 Å². The minimum atomic E-state index is 0.0358. The molecule has 2 fully saturated rings. The highest BCUT2D eigenvalue weighted by molar-refractivity contribution is 5.99. The van der Waals surface area contributed by atoms with Crippen molar-refractivity contribution in [3.63, 3.8) is 0 Å². The van der Waals surface area contributed by atoms with E-state index in [1.54, 1.807) is 6.07 Å². The first-order valence-corrected chi connectivity index (χ1v) is 13.1. The average molecular weight is 482 g/mol. The maximum absolute atomic E-state index is 12.1. The van der Waals surface area contributed by atoms with Crippen LogP contribution in [0.2, 0.25) is 0 Å². The summed E-state index contributed by atoms with van der Waals surface area (Å²) in [5.41, 5.74) is 6.81. The number of fused-ring (bicyclic) bond motifs is 2. The Morgan fingerprint density at radius 2 is 1.94 bits per heavy atom. The van der Waals surface area contributed by atoms with E-state index in [1.807, 2.05) is 17.0 Å². The number of phenols is 1. The van der Waals surface area contributed by atoms with Crippen molar-refractivity contribution in [1.82, 2.24) is 9.88 Å². The molecule has 0 saturated carbocycles. The second-order valence-corrected chi connectivity index (χ2v) is 12.0. The van der Waals surface area contributed by atoms with Gasteiger partial charge in [-0.05, 0) is 89.3 Å². The number of hydrogen-bond acceptors (Lipinski definition) is 4. The number of amides is 1. The van der Waals surface area contributed by atoms with Crippen molar-refractivity contribution in [2.24, 2.45) is 10.8 Å². The van der Waals surface area contributed by atoms with Gasteiger partial charge in [-0.3, -0.25) is 4.79 Å². The van der Waals surface area contributed by atoms with E-state index in [1.165, 1.54) is 34.0 Å². The highest BCUT2D eigenvalue weighted by Gasteiger charge is 2.49. The first-order chi connectivity index (χ1) is 17.2. The van der Waals surface area contributed by atoms with Gasteiger partial charge in [-0.25, -0.2) is 4.98 Å². The van der Waals surface area contributed by atoms with Crippen molar-refractivity contribution in [3.05, 3.63) is 65.9 Å². The maximum Gasteiger partial charge on any atom is 0.245 e. The molecule has 186 valence electrons. The Bertz CT molecular complexity index is 1400. The first kappa shape index (κ1) is 23.1. The lowest BCUT2D eigenvalue weighted by atomic mass is 9.74. The van der Waals surface area contributed by atoms with Gasteiger partial charge in [-0.2, -0.15) is 0 Å². The Morgan fingerprint density at radius 1 is 1.14 bits per heavy atom. The van der Waals surface area contributed by atoms with Crippen LogP contribution in [0.25, 0.3) is 21.9 Å². The fraction of sp³-hybridized carbons (Fsp3) is 0.419. The van der Waals surface area contributed by atoms with E-state index in [9.17, 15) is 9.90 Å². The van der Waals surface area contributed by atoms with Crippen LogP contribution >= 0.6 is 0 Å². The molecule has 2 aromatic carbocycles. The number of carbonyl (C=O) groups excluding carboxylic acids is 1. The Kier molecular flexibility index (Phi) is 5.19. The van der Waals surface area contributed by atoms with Crippen LogP contribution in [0.4, 0.5) is 5.82 Å². The lowest BCUT2D eigenvalue weighted by Gasteiger charge is -2.47. The second-order valence-electron chi connectivity index (χ2n) is 12.0. The standard InChI is InChI=1S/C31H35N3O2/c1-5-27(36)34-18-31(19-34)13-14-33(17-31)29-20(2)28(25-11-12-30(3,4)16-26(25)32-29)24-8-6-7-21-15-22(35)9-10-23(21)24/h5-10,15,35H,1,11-14,16-19H2,2-4H3. The zero-order chi connectivity index (χ0) is 25.2. The quantitative estimate of drug-likeness (QED) is 0.491. The monoisotopic (exact) mass is 481 g/mol. The molecule has 0 bridgehead atoms. The van der Waals surface area contributed by atoms with Gasteiger partial charge < -0.3 is 14.9 Å². The molecule has 1 amide bonds. The Hall–Kier alpha value is -3.34. The largest absolute Gasteiger partial charge is 0.508 e. The molecule has 0 radical (unpaired) electrons. The van der Waals surface area contributed by atoms with Crippen molar-refractivity contribution in [1.29, 1.82) is 0 Å². The molecule has 6 rings (SSSR count). The maximum atomic E-state index is 12.1. The van der Waals surface area contributed by atoms with Gasteiger partial charge in [-0.1, -0.05) is 44.7 Å². The molecule has 2 aliphatic heterocycles. The predicted molar refractivity (Wildman–Crippen MR) is 145 cm³/mol. The zero-order valence-corrected chi connectivity index (χ0v) is 21.6. The third kappa shape index (κ3) is 3.68. The van der Waals surface area contributed by atoms with Gasteiger partial charge in [0.2, 0.25) is 5.91 Å². The SMILES string of the molecule is C=CC(=O)N1CC2(CCN(c3nc4c(c(-c5cccc6cc(O)ccc56)c3C)CCC(C)(C)C4)C2)C1. The third-order valence-corrected chi connectivity index (χ3v) is 8.71. The molecule has 0 unspecified atom stereocenters. The predicted octanol–water partition coefficient (Wildman–Crippen LogP) is 5.66. The van der Waals surface area contributed by atoms with Crippen LogP contribution < -0.4 is 4.90 Å². The van der Waals surface area contributed by atoms with Crippen LogP contribution in [0.5, 0.6) is 5.75 Å². The highest BCUT2D eigenvalue weighted by atomic mass is 16.3. The number of benzene rings is 2. The van der Waals surface area contributed by atoms with Crippen LogP contribution in [-0.4, -0.2) is 47.1 Å².